The van der Waals surface area contributed by atoms with Crippen molar-refractivity contribution in [3.8, 4) is 0 Å². The number of halogens is 1. The second-order valence-electron chi connectivity index (χ2n) is 5.01. The van der Waals surface area contributed by atoms with Gasteiger partial charge in [-0.05, 0) is 30.5 Å². The lowest BCUT2D eigenvalue weighted by Gasteiger charge is -2.19. The van der Waals surface area contributed by atoms with Gasteiger partial charge in [-0.1, -0.05) is 13.8 Å². The van der Waals surface area contributed by atoms with Crippen molar-refractivity contribution in [1.82, 2.24) is 4.72 Å². The number of carbonyl (C=O) groups excluding carboxylic acids is 1. The van der Waals surface area contributed by atoms with Crippen molar-refractivity contribution in [1.29, 1.82) is 0 Å². The average Bonchev–Trinajstić information content (AvgIpc) is 2.38. The Morgan fingerprint density at radius 3 is 2.57 bits per heavy atom. The second kappa shape index (κ2) is 6.86. The van der Waals surface area contributed by atoms with Gasteiger partial charge in [0.25, 0.3) is 0 Å². The Hall–Kier alpha value is -1.67. The maximum atomic E-state index is 13.2. The molecule has 1 aromatic carbocycles. The summed E-state index contributed by atoms with van der Waals surface area (Å²) in [6.07, 6.45) is 0.251. The van der Waals surface area contributed by atoms with Crippen molar-refractivity contribution in [2.24, 2.45) is 5.92 Å². The van der Waals surface area contributed by atoms with Gasteiger partial charge >= 0.3 is 5.97 Å². The Bertz CT molecular complexity index is 617. The third-order valence-corrected chi connectivity index (χ3v) is 4.28. The predicted molar refractivity (Wildman–Crippen MR) is 76.4 cm³/mol. The fraction of sp³-hybridized carbons (Fsp3) is 0.462. The van der Waals surface area contributed by atoms with E-state index in [1.165, 1.54) is 7.11 Å². The summed E-state index contributed by atoms with van der Waals surface area (Å²) in [5, 5.41) is 0. The Labute approximate surface area is 123 Å². The zero-order chi connectivity index (χ0) is 16.2. The summed E-state index contributed by atoms with van der Waals surface area (Å²) < 4.78 is 44.5. The molecule has 0 heterocycles. The second-order valence-corrected chi connectivity index (χ2v) is 6.69. The zero-order valence-electron chi connectivity index (χ0n) is 12.1. The first-order chi connectivity index (χ1) is 9.67. The fourth-order valence-corrected chi connectivity index (χ4v) is 3.14. The van der Waals surface area contributed by atoms with Gasteiger partial charge in [0, 0.05) is 0 Å². The molecule has 1 unspecified atom stereocenters. The number of methoxy groups -OCH3 is 1. The van der Waals surface area contributed by atoms with E-state index in [1.807, 2.05) is 13.8 Å². The van der Waals surface area contributed by atoms with Crippen LogP contribution >= 0.6 is 0 Å². The highest BCUT2D eigenvalue weighted by Crippen LogP contribution is 2.20. The molecule has 0 aromatic heterocycles. The summed E-state index contributed by atoms with van der Waals surface area (Å²) in [5.74, 6) is -1.38. The van der Waals surface area contributed by atoms with Gasteiger partial charge in [0.1, 0.15) is 16.8 Å². The topological polar surface area (TPSA) is 98.5 Å². The third-order valence-electron chi connectivity index (χ3n) is 2.76. The number of nitrogens with one attached hydrogen (secondary N) is 1. The summed E-state index contributed by atoms with van der Waals surface area (Å²) >= 11 is 0. The number of nitrogen functional groups attached to an aromatic ring is 1. The molecule has 0 saturated carbocycles. The molecule has 0 fully saturated rings. The quantitative estimate of drug-likeness (QED) is 0.608. The highest BCUT2D eigenvalue weighted by atomic mass is 32.2. The molecule has 118 valence electrons. The number of hydrogen-bond acceptors (Lipinski definition) is 5. The van der Waals surface area contributed by atoms with Gasteiger partial charge in [0.05, 0.1) is 12.8 Å². The maximum absolute atomic E-state index is 13.2. The summed E-state index contributed by atoms with van der Waals surface area (Å²) in [4.78, 5) is 11.3. The number of rotatable bonds is 6. The van der Waals surface area contributed by atoms with Crippen molar-refractivity contribution in [3.63, 3.8) is 0 Å². The SMILES string of the molecule is COC(=O)C(CC(C)C)NS(=O)(=O)c1cc(F)ccc1N. The monoisotopic (exact) mass is 318 g/mol. The van der Waals surface area contributed by atoms with E-state index in [0.29, 0.717) is 0 Å². The van der Waals surface area contributed by atoms with Crippen LogP contribution < -0.4 is 10.5 Å². The van der Waals surface area contributed by atoms with Gasteiger partial charge in [0.2, 0.25) is 10.0 Å². The van der Waals surface area contributed by atoms with Gasteiger partial charge in [-0.2, -0.15) is 4.72 Å². The number of sulfonamides is 1. The van der Waals surface area contributed by atoms with E-state index in [9.17, 15) is 17.6 Å². The molecular weight excluding hydrogens is 299 g/mol. The predicted octanol–water partition coefficient (Wildman–Crippen LogP) is 1.27. The molecule has 0 aliphatic carbocycles. The van der Waals surface area contributed by atoms with E-state index in [4.69, 9.17) is 5.73 Å². The molecular formula is C13H19FN2O4S. The first kappa shape index (κ1) is 17.4. The number of carbonyl (C=O) groups is 1. The van der Waals surface area contributed by atoms with E-state index < -0.39 is 32.7 Å². The highest BCUT2D eigenvalue weighted by Gasteiger charge is 2.28. The van der Waals surface area contributed by atoms with Crippen LogP contribution in [0.1, 0.15) is 20.3 Å². The normalized spacial score (nSPS) is 13.2. The number of hydrogen-bond donors (Lipinski definition) is 2. The molecule has 8 heteroatoms. The summed E-state index contributed by atoms with van der Waals surface area (Å²) in [6.45, 7) is 3.67. The van der Waals surface area contributed by atoms with Crippen LogP contribution in [-0.4, -0.2) is 27.5 Å². The lowest BCUT2D eigenvalue weighted by molar-refractivity contribution is -0.143. The molecule has 3 N–H and O–H groups in total. The maximum Gasteiger partial charge on any atom is 0.323 e. The molecule has 0 radical (unpaired) electrons. The molecule has 6 nitrogen and oxygen atoms in total. The fourth-order valence-electron chi connectivity index (χ4n) is 1.80. The van der Waals surface area contributed by atoms with Gasteiger partial charge in [-0.25, -0.2) is 12.8 Å². The number of ether oxygens (including phenoxy) is 1. The Kier molecular flexibility index (Phi) is 5.68. The molecule has 1 rings (SSSR count). The van der Waals surface area contributed by atoms with Crippen molar-refractivity contribution in [3.05, 3.63) is 24.0 Å². The standard InChI is InChI=1S/C13H19FN2O4S/c1-8(2)6-11(13(17)20-3)16-21(18,19)12-7-9(14)4-5-10(12)15/h4-5,7-8,11,16H,6,15H2,1-3H3. The minimum Gasteiger partial charge on any atom is -0.468 e. The van der Waals surface area contributed by atoms with Crippen molar-refractivity contribution in [2.45, 2.75) is 31.2 Å². The summed E-state index contributed by atoms with van der Waals surface area (Å²) in [6, 6.07) is 1.96. The van der Waals surface area contributed by atoms with E-state index in [1.54, 1.807) is 0 Å². The van der Waals surface area contributed by atoms with Crippen LogP contribution in [0.5, 0.6) is 0 Å². The smallest absolute Gasteiger partial charge is 0.323 e. The molecule has 21 heavy (non-hydrogen) atoms. The Morgan fingerprint density at radius 2 is 2.05 bits per heavy atom. The average molecular weight is 318 g/mol. The van der Waals surface area contributed by atoms with E-state index in [-0.39, 0.29) is 18.0 Å². The molecule has 1 aromatic rings. The van der Waals surface area contributed by atoms with Crippen LogP contribution in [0.15, 0.2) is 23.1 Å². The van der Waals surface area contributed by atoms with E-state index >= 15 is 0 Å². The molecule has 0 spiro atoms. The zero-order valence-corrected chi connectivity index (χ0v) is 12.9. The van der Waals surface area contributed by atoms with Crippen LogP contribution in [-0.2, 0) is 19.6 Å². The lowest BCUT2D eigenvalue weighted by Crippen LogP contribution is -2.42. The number of benzene rings is 1. The molecule has 0 aliphatic heterocycles. The highest BCUT2D eigenvalue weighted by molar-refractivity contribution is 7.89. The minimum atomic E-state index is -4.13. The third kappa shape index (κ3) is 4.68. The minimum absolute atomic E-state index is 0.0571. The Balaban J connectivity index is 3.11. The van der Waals surface area contributed by atoms with E-state index in [0.717, 1.165) is 18.2 Å². The molecule has 1 atom stereocenters. The van der Waals surface area contributed by atoms with Gasteiger partial charge in [-0.3, -0.25) is 4.79 Å². The molecule has 0 bridgehead atoms. The van der Waals surface area contributed by atoms with Crippen LogP contribution in [0.3, 0.4) is 0 Å². The number of anilines is 1. The van der Waals surface area contributed by atoms with Crippen molar-refractivity contribution < 1.29 is 22.3 Å². The van der Waals surface area contributed by atoms with Crippen LogP contribution in [0.25, 0.3) is 0 Å². The first-order valence-corrected chi connectivity index (χ1v) is 7.81. The van der Waals surface area contributed by atoms with Gasteiger partial charge < -0.3 is 10.5 Å². The summed E-state index contributed by atoms with van der Waals surface area (Å²) in [7, 11) is -2.96. The largest absolute Gasteiger partial charge is 0.468 e. The molecule has 0 saturated heterocycles. The number of nitrogens with two attached hydrogens (primary N) is 1. The van der Waals surface area contributed by atoms with E-state index in [2.05, 4.69) is 9.46 Å². The summed E-state index contributed by atoms with van der Waals surface area (Å²) in [5.41, 5.74) is 5.46. The van der Waals surface area contributed by atoms with Crippen LogP contribution in [0, 0.1) is 11.7 Å². The van der Waals surface area contributed by atoms with Crippen LogP contribution in [0.4, 0.5) is 10.1 Å². The first-order valence-electron chi connectivity index (χ1n) is 6.32. The lowest BCUT2D eigenvalue weighted by atomic mass is 10.1. The molecule has 0 amide bonds. The Morgan fingerprint density at radius 1 is 1.43 bits per heavy atom. The molecule has 0 aliphatic rings. The van der Waals surface area contributed by atoms with Crippen molar-refractivity contribution in [2.75, 3.05) is 12.8 Å². The number of esters is 1. The van der Waals surface area contributed by atoms with Crippen LogP contribution in [0.2, 0.25) is 0 Å². The van der Waals surface area contributed by atoms with Gasteiger partial charge in [0.15, 0.2) is 0 Å². The van der Waals surface area contributed by atoms with Crippen molar-refractivity contribution >= 4 is 21.7 Å². The van der Waals surface area contributed by atoms with Gasteiger partial charge in [-0.15, -0.1) is 0 Å².